The summed E-state index contributed by atoms with van der Waals surface area (Å²) in [5, 5.41) is 0. The Morgan fingerprint density at radius 2 is 1.93 bits per heavy atom. The van der Waals surface area contributed by atoms with Crippen LogP contribution in [0.4, 0.5) is 0 Å². The molecule has 1 aromatic rings. The maximum Gasteiger partial charge on any atom is 0.191 e. The van der Waals surface area contributed by atoms with Crippen LogP contribution in [0.1, 0.15) is 52.0 Å². The Hall–Kier alpha value is -1.53. The topological polar surface area (TPSA) is 54.0 Å². The number of hydrogen-bond donors (Lipinski definition) is 0. The van der Waals surface area contributed by atoms with E-state index in [1.807, 2.05) is 44.2 Å². The molecule has 6 atom stereocenters. The van der Waals surface area contributed by atoms with Gasteiger partial charge in [-0.25, -0.2) is 0 Å². The second kappa shape index (κ2) is 7.02. The summed E-state index contributed by atoms with van der Waals surface area (Å²) in [6, 6.07) is 10.1. The van der Waals surface area contributed by atoms with E-state index in [4.69, 9.17) is 18.9 Å². The molecule has 3 fully saturated rings. The molecule has 0 spiro atoms. The molecule has 0 amide bonds. The SMILES string of the molecule is CC1=C[C@H]2CC[C@@]3(OCc4ccccc4)[C@H](O[C@@H]4OC(C)(C)O[C@@H]43)C(=O)[C@H]2CC1. The van der Waals surface area contributed by atoms with Crippen molar-refractivity contribution in [1.82, 2.24) is 0 Å². The van der Waals surface area contributed by atoms with E-state index in [2.05, 4.69) is 13.0 Å². The third-order valence-electron chi connectivity index (χ3n) is 6.96. The van der Waals surface area contributed by atoms with Gasteiger partial charge in [-0.05, 0) is 57.9 Å². The van der Waals surface area contributed by atoms with Crippen LogP contribution in [-0.4, -0.2) is 35.7 Å². The summed E-state index contributed by atoms with van der Waals surface area (Å²) >= 11 is 0. The molecule has 0 unspecified atom stereocenters. The Balaban J connectivity index is 1.49. The van der Waals surface area contributed by atoms with Crippen molar-refractivity contribution < 1.29 is 23.7 Å². The van der Waals surface area contributed by atoms with Crippen molar-refractivity contribution in [2.24, 2.45) is 11.8 Å². The summed E-state index contributed by atoms with van der Waals surface area (Å²) in [6.07, 6.45) is 4.18. The number of ketones is 1. The first-order valence-corrected chi connectivity index (χ1v) is 10.8. The maximum atomic E-state index is 13.6. The van der Waals surface area contributed by atoms with Gasteiger partial charge in [-0.15, -0.1) is 0 Å². The maximum absolute atomic E-state index is 13.6. The zero-order valence-corrected chi connectivity index (χ0v) is 17.4. The van der Waals surface area contributed by atoms with E-state index in [0.717, 1.165) is 31.2 Å². The molecule has 2 saturated heterocycles. The summed E-state index contributed by atoms with van der Waals surface area (Å²) in [5.41, 5.74) is 1.64. The predicted octanol–water partition coefficient (Wildman–Crippen LogP) is 4.15. The highest BCUT2D eigenvalue weighted by Crippen LogP contribution is 2.52. The molecule has 4 aliphatic rings. The standard InChI is InChI=1S/C24H30O5/c1-15-9-10-18-17(13-15)11-12-24(26-14-16-7-5-4-6-8-16)20(19(18)25)27-22-21(24)28-23(2,3)29-22/h4-8,13,17-18,20-22H,9-12,14H2,1-3H3/t17-,18+,20-,21+,22-,24-/m1/s1. The lowest BCUT2D eigenvalue weighted by atomic mass is 9.77. The zero-order chi connectivity index (χ0) is 20.2. The van der Waals surface area contributed by atoms with Crippen LogP contribution in [0.5, 0.6) is 0 Å². The molecule has 2 heterocycles. The van der Waals surface area contributed by atoms with Gasteiger partial charge >= 0.3 is 0 Å². The Morgan fingerprint density at radius 3 is 2.72 bits per heavy atom. The largest absolute Gasteiger partial charge is 0.364 e. The van der Waals surface area contributed by atoms with Crippen LogP contribution in [0.3, 0.4) is 0 Å². The second-order valence-electron chi connectivity index (χ2n) is 9.43. The fraction of sp³-hybridized carbons (Fsp3) is 0.625. The second-order valence-corrected chi connectivity index (χ2v) is 9.43. The quantitative estimate of drug-likeness (QED) is 0.716. The summed E-state index contributed by atoms with van der Waals surface area (Å²) in [5.74, 6) is -0.333. The van der Waals surface area contributed by atoms with Gasteiger partial charge in [0.1, 0.15) is 11.7 Å². The lowest BCUT2D eigenvalue weighted by Crippen LogP contribution is -2.53. The number of allylic oxidation sites excluding steroid dienone is 2. The van der Waals surface area contributed by atoms with Gasteiger partial charge in [0.25, 0.3) is 0 Å². The average molecular weight is 398 g/mol. The highest BCUT2D eigenvalue weighted by molar-refractivity contribution is 5.88. The monoisotopic (exact) mass is 398 g/mol. The van der Waals surface area contributed by atoms with Crippen molar-refractivity contribution in [2.75, 3.05) is 0 Å². The van der Waals surface area contributed by atoms with Gasteiger partial charge in [-0.3, -0.25) is 4.79 Å². The van der Waals surface area contributed by atoms with Gasteiger partial charge in [0.15, 0.2) is 24.0 Å². The van der Waals surface area contributed by atoms with E-state index in [1.165, 1.54) is 5.57 Å². The molecule has 1 aromatic carbocycles. The molecule has 2 aliphatic heterocycles. The third-order valence-corrected chi connectivity index (χ3v) is 6.96. The Morgan fingerprint density at radius 1 is 1.14 bits per heavy atom. The van der Waals surface area contributed by atoms with Gasteiger partial charge in [0.2, 0.25) is 0 Å². The van der Waals surface area contributed by atoms with Gasteiger partial charge in [-0.2, -0.15) is 0 Å². The molecule has 5 heteroatoms. The number of Topliss-reactive ketones (excluding diaryl/α,β-unsaturated/α-hetero) is 1. The lowest BCUT2D eigenvalue weighted by Gasteiger charge is -2.36. The van der Waals surface area contributed by atoms with Crippen molar-refractivity contribution in [2.45, 2.75) is 82.9 Å². The van der Waals surface area contributed by atoms with Crippen molar-refractivity contribution in [1.29, 1.82) is 0 Å². The first kappa shape index (κ1) is 19.4. The van der Waals surface area contributed by atoms with Gasteiger partial charge in [0.05, 0.1) is 6.61 Å². The predicted molar refractivity (Wildman–Crippen MR) is 107 cm³/mol. The van der Waals surface area contributed by atoms with Crippen LogP contribution >= 0.6 is 0 Å². The molecular weight excluding hydrogens is 368 g/mol. The van der Waals surface area contributed by atoms with Gasteiger partial charge in [-0.1, -0.05) is 42.0 Å². The Bertz CT molecular complexity index is 816. The molecule has 0 radical (unpaired) electrons. The van der Waals surface area contributed by atoms with Crippen molar-refractivity contribution >= 4 is 5.78 Å². The van der Waals surface area contributed by atoms with E-state index in [0.29, 0.717) is 6.61 Å². The highest BCUT2D eigenvalue weighted by Gasteiger charge is 2.67. The number of hydrogen-bond acceptors (Lipinski definition) is 5. The first-order valence-electron chi connectivity index (χ1n) is 10.8. The zero-order valence-electron chi connectivity index (χ0n) is 17.4. The molecule has 0 N–H and O–H groups in total. The molecule has 156 valence electrons. The molecule has 29 heavy (non-hydrogen) atoms. The average Bonchev–Trinajstić information content (AvgIpc) is 3.12. The van der Waals surface area contributed by atoms with E-state index in [-0.39, 0.29) is 17.6 Å². The first-order chi connectivity index (χ1) is 13.9. The fourth-order valence-electron chi connectivity index (χ4n) is 5.55. The van der Waals surface area contributed by atoms with Crippen LogP contribution in [0.15, 0.2) is 42.0 Å². The summed E-state index contributed by atoms with van der Waals surface area (Å²) < 4.78 is 25.1. The normalized spacial score (nSPS) is 40.6. The summed E-state index contributed by atoms with van der Waals surface area (Å²) in [4.78, 5) is 13.6. The van der Waals surface area contributed by atoms with Gasteiger partial charge < -0.3 is 18.9 Å². The van der Waals surface area contributed by atoms with Crippen molar-refractivity contribution in [3.63, 3.8) is 0 Å². The summed E-state index contributed by atoms with van der Waals surface area (Å²) in [6.45, 7) is 6.36. The van der Waals surface area contributed by atoms with Crippen molar-refractivity contribution in [3.05, 3.63) is 47.5 Å². The van der Waals surface area contributed by atoms with Crippen LogP contribution in [-0.2, 0) is 30.3 Å². The Kier molecular flexibility index (Phi) is 4.70. The molecular formula is C24H30O5. The molecule has 0 bridgehead atoms. The minimum absolute atomic E-state index is 0.00210. The van der Waals surface area contributed by atoms with Gasteiger partial charge in [0, 0.05) is 5.92 Å². The van der Waals surface area contributed by atoms with E-state index >= 15 is 0 Å². The van der Waals surface area contributed by atoms with Crippen LogP contribution in [0.25, 0.3) is 0 Å². The number of fused-ring (bicyclic) bond motifs is 4. The van der Waals surface area contributed by atoms with Crippen LogP contribution < -0.4 is 0 Å². The highest BCUT2D eigenvalue weighted by atomic mass is 16.8. The lowest BCUT2D eigenvalue weighted by molar-refractivity contribution is -0.237. The van der Waals surface area contributed by atoms with Crippen LogP contribution in [0, 0.1) is 11.8 Å². The van der Waals surface area contributed by atoms with Crippen molar-refractivity contribution in [3.8, 4) is 0 Å². The smallest absolute Gasteiger partial charge is 0.191 e. The summed E-state index contributed by atoms with van der Waals surface area (Å²) in [7, 11) is 0. The van der Waals surface area contributed by atoms with E-state index < -0.39 is 29.9 Å². The number of carbonyl (C=O) groups is 1. The molecule has 0 aromatic heterocycles. The fourth-order valence-corrected chi connectivity index (χ4v) is 5.55. The minimum atomic E-state index is -0.815. The van der Waals surface area contributed by atoms with E-state index in [1.54, 1.807) is 0 Å². The molecule has 2 aliphatic carbocycles. The number of ether oxygens (including phenoxy) is 4. The molecule has 1 saturated carbocycles. The molecule has 5 rings (SSSR count). The number of rotatable bonds is 3. The van der Waals surface area contributed by atoms with Crippen LogP contribution in [0.2, 0.25) is 0 Å². The third kappa shape index (κ3) is 3.28. The number of benzene rings is 1. The Labute approximate surface area is 172 Å². The van der Waals surface area contributed by atoms with E-state index in [9.17, 15) is 4.79 Å². The molecule has 5 nitrogen and oxygen atoms in total. The number of carbonyl (C=O) groups excluding carboxylic acids is 1. The minimum Gasteiger partial charge on any atom is -0.364 e.